The van der Waals surface area contributed by atoms with Gasteiger partial charge in [0.1, 0.15) is 0 Å². The maximum absolute atomic E-state index is 12.7. The van der Waals surface area contributed by atoms with Crippen LogP contribution in [0.2, 0.25) is 0 Å². The maximum atomic E-state index is 12.7. The first-order valence-corrected chi connectivity index (χ1v) is 8.56. The molecule has 2 aromatic rings. The quantitative estimate of drug-likeness (QED) is 0.482. The van der Waals surface area contributed by atoms with Crippen LogP contribution in [0.5, 0.6) is 0 Å². The minimum atomic E-state index is -4.29. The zero-order chi connectivity index (χ0) is 15.9. The van der Waals surface area contributed by atoms with Gasteiger partial charge in [-0.3, -0.25) is 0 Å². The molecule has 2 aromatic carbocycles. The molecule has 3 rings (SSSR count). The van der Waals surface area contributed by atoms with E-state index < -0.39 is 11.7 Å². The predicted molar refractivity (Wildman–Crippen MR) is 92.4 cm³/mol. The SMILES string of the molecule is CCC1=Cc2c(-c3ccc(C(F)(F)F)cc3)cccc2[CH]1[Zr].Cl.Cl. The number of halogens is 5. The topological polar surface area (TPSA) is 0 Å². The second kappa shape index (κ2) is 8.21. The fourth-order valence-electron chi connectivity index (χ4n) is 2.86. The third-order valence-electron chi connectivity index (χ3n) is 4.08. The van der Waals surface area contributed by atoms with E-state index in [4.69, 9.17) is 0 Å². The molecule has 1 aliphatic rings. The zero-order valence-electron chi connectivity index (χ0n) is 12.9. The van der Waals surface area contributed by atoms with Gasteiger partial charge in [-0.1, -0.05) is 0 Å². The molecule has 0 aromatic heterocycles. The van der Waals surface area contributed by atoms with Crippen LogP contribution in [0.25, 0.3) is 17.2 Å². The standard InChI is InChI=1S/C18H14F3.2ClH.Zr/c1-2-12-10-14-4-3-5-16(17(14)11-12)13-6-8-15(9-7-13)18(19,20)21;;;/h3-11H,2H2,1H3;2*1H;. The maximum Gasteiger partial charge on any atom is -0.147 e. The van der Waals surface area contributed by atoms with Crippen molar-refractivity contribution in [2.45, 2.75) is 23.1 Å². The Morgan fingerprint density at radius 1 is 1.00 bits per heavy atom. The molecule has 0 radical (unpaired) electrons. The number of benzene rings is 2. The molecule has 0 N–H and O–H groups in total. The number of rotatable bonds is 2. The van der Waals surface area contributed by atoms with E-state index in [0.717, 1.165) is 29.7 Å². The molecule has 127 valence electrons. The number of alkyl halides is 3. The molecular formula is C18H16Cl2F3Zr. The fraction of sp³-hybridized carbons (Fsp3) is 0.222. The normalized spacial score (nSPS) is 15.8. The monoisotopic (exact) mass is 449 g/mol. The summed E-state index contributed by atoms with van der Waals surface area (Å²) >= 11 is 1.45. The Morgan fingerprint density at radius 2 is 1.62 bits per heavy atom. The second-order valence-electron chi connectivity index (χ2n) is 5.39. The molecule has 0 spiro atoms. The molecule has 0 aliphatic heterocycles. The van der Waals surface area contributed by atoms with Crippen molar-refractivity contribution in [3.05, 3.63) is 64.7 Å². The Hall–Kier alpha value is -0.567. The number of fused-ring (bicyclic) bond motifs is 1. The van der Waals surface area contributed by atoms with Crippen LogP contribution >= 0.6 is 24.8 Å². The molecule has 0 saturated heterocycles. The van der Waals surface area contributed by atoms with Crippen molar-refractivity contribution in [2.75, 3.05) is 0 Å². The predicted octanol–water partition coefficient (Wildman–Crippen LogP) is 6.61. The van der Waals surface area contributed by atoms with E-state index in [1.54, 1.807) is 12.1 Å². The first-order valence-electron chi connectivity index (χ1n) is 7.14. The van der Waals surface area contributed by atoms with Crippen molar-refractivity contribution < 1.29 is 37.9 Å². The summed E-state index contributed by atoms with van der Waals surface area (Å²) in [5.74, 6) is 0. The number of hydrogen-bond donors (Lipinski definition) is 0. The zero-order valence-corrected chi connectivity index (χ0v) is 16.9. The van der Waals surface area contributed by atoms with E-state index in [1.165, 1.54) is 41.4 Å². The Kier molecular flexibility index (Phi) is 7.34. The van der Waals surface area contributed by atoms with Gasteiger partial charge in [-0.05, 0) is 0 Å². The summed E-state index contributed by atoms with van der Waals surface area (Å²) in [5.41, 5.74) is 5.12. The molecule has 1 aliphatic carbocycles. The Balaban J connectivity index is 0.00000144. The molecule has 0 heterocycles. The van der Waals surface area contributed by atoms with E-state index in [1.807, 2.05) is 12.1 Å². The largest absolute Gasteiger partial charge is 0.147 e. The number of allylic oxidation sites excluding steroid dienone is 1. The van der Waals surface area contributed by atoms with Gasteiger partial charge < -0.3 is 0 Å². The fourth-order valence-corrected chi connectivity index (χ4v) is 4.19. The molecule has 1 unspecified atom stereocenters. The van der Waals surface area contributed by atoms with Crippen molar-refractivity contribution in [3.8, 4) is 11.1 Å². The van der Waals surface area contributed by atoms with E-state index >= 15 is 0 Å². The molecule has 24 heavy (non-hydrogen) atoms. The Morgan fingerprint density at radius 3 is 2.17 bits per heavy atom. The number of hydrogen-bond acceptors (Lipinski definition) is 0. The summed E-state index contributed by atoms with van der Waals surface area (Å²) < 4.78 is 38.5. The van der Waals surface area contributed by atoms with Crippen LogP contribution in [0, 0.1) is 0 Å². The van der Waals surface area contributed by atoms with Gasteiger partial charge in [-0.25, -0.2) is 0 Å². The molecule has 1 atom stereocenters. The average Bonchev–Trinajstić information content (AvgIpc) is 2.83. The van der Waals surface area contributed by atoms with Gasteiger partial charge in [-0.15, -0.1) is 24.8 Å². The van der Waals surface area contributed by atoms with Crippen molar-refractivity contribution in [1.29, 1.82) is 0 Å². The molecular weight excluding hydrogens is 435 g/mol. The summed E-state index contributed by atoms with van der Waals surface area (Å²) in [6, 6.07) is 11.5. The molecule has 6 heteroatoms. The third-order valence-corrected chi connectivity index (χ3v) is 5.76. The molecule has 0 bridgehead atoms. The summed E-state index contributed by atoms with van der Waals surface area (Å²) in [5, 5.41) is 0. The van der Waals surface area contributed by atoms with Gasteiger partial charge in [-0.2, -0.15) is 0 Å². The first kappa shape index (κ1) is 21.5. The summed E-state index contributed by atoms with van der Waals surface area (Å²) in [6.45, 7) is 2.15. The molecule has 0 fully saturated rings. The van der Waals surface area contributed by atoms with E-state index in [0.29, 0.717) is 3.63 Å². The van der Waals surface area contributed by atoms with Crippen LogP contribution in [-0.4, -0.2) is 0 Å². The molecule has 0 amide bonds. The average molecular weight is 451 g/mol. The van der Waals surface area contributed by atoms with Crippen molar-refractivity contribution in [2.24, 2.45) is 0 Å². The van der Waals surface area contributed by atoms with Gasteiger partial charge in [0.2, 0.25) is 0 Å². The van der Waals surface area contributed by atoms with Gasteiger partial charge >= 0.3 is 143 Å². The smallest absolute Gasteiger partial charge is 0.147 e. The van der Waals surface area contributed by atoms with Crippen LogP contribution in [0.4, 0.5) is 13.2 Å². The summed E-state index contributed by atoms with van der Waals surface area (Å²) in [6.07, 6.45) is -1.07. The molecule has 0 saturated carbocycles. The van der Waals surface area contributed by atoms with Crippen LogP contribution in [0.1, 0.15) is 33.7 Å². The third kappa shape index (κ3) is 3.98. The van der Waals surface area contributed by atoms with E-state index in [9.17, 15) is 13.2 Å². The van der Waals surface area contributed by atoms with Crippen LogP contribution in [-0.2, 0) is 30.9 Å². The van der Waals surface area contributed by atoms with Gasteiger partial charge in [0.25, 0.3) is 0 Å². The van der Waals surface area contributed by atoms with Crippen LogP contribution < -0.4 is 0 Å². The van der Waals surface area contributed by atoms with E-state index in [2.05, 4.69) is 19.1 Å². The van der Waals surface area contributed by atoms with Crippen molar-refractivity contribution in [1.82, 2.24) is 0 Å². The van der Waals surface area contributed by atoms with E-state index in [-0.39, 0.29) is 24.8 Å². The van der Waals surface area contributed by atoms with Gasteiger partial charge in [0.05, 0.1) is 0 Å². The summed E-state index contributed by atoms with van der Waals surface area (Å²) in [4.78, 5) is 0. The van der Waals surface area contributed by atoms with Crippen molar-refractivity contribution in [3.63, 3.8) is 0 Å². The first-order chi connectivity index (χ1) is 10.4. The van der Waals surface area contributed by atoms with Gasteiger partial charge in [0, 0.05) is 0 Å². The Labute approximate surface area is 167 Å². The van der Waals surface area contributed by atoms with Crippen molar-refractivity contribution >= 4 is 30.9 Å². The molecule has 0 nitrogen and oxygen atoms in total. The minimum Gasteiger partial charge on any atom is -0.147 e. The van der Waals surface area contributed by atoms with Crippen LogP contribution in [0.3, 0.4) is 0 Å². The summed E-state index contributed by atoms with van der Waals surface area (Å²) in [7, 11) is 0. The van der Waals surface area contributed by atoms with Crippen LogP contribution in [0.15, 0.2) is 48.0 Å². The second-order valence-corrected chi connectivity index (χ2v) is 6.81. The Bertz CT molecular complexity index is 737. The van der Waals surface area contributed by atoms with Gasteiger partial charge in [0.15, 0.2) is 0 Å². The minimum absolute atomic E-state index is 0.